The Morgan fingerprint density at radius 1 is 1.05 bits per heavy atom. The van der Waals surface area contributed by atoms with Crippen LogP contribution in [0.1, 0.15) is 64.2 Å². The summed E-state index contributed by atoms with van der Waals surface area (Å²) in [5, 5.41) is 3.50. The predicted octanol–water partition coefficient (Wildman–Crippen LogP) is 3.80. The monoisotopic (exact) mass is 345 g/mol. The maximum atomic E-state index is 12.0. The third kappa shape index (κ3) is 5.36. The molecule has 1 unspecified atom stereocenters. The van der Waals surface area contributed by atoms with Crippen molar-refractivity contribution in [2.75, 3.05) is 13.2 Å². The number of hydrogen-bond acceptors (Lipinski definition) is 3. The first-order valence-electron chi connectivity index (χ1n) is 8.31. The van der Waals surface area contributed by atoms with Gasteiger partial charge in [0.25, 0.3) is 0 Å². The SMILES string of the molecule is O=C(OCCNC1CCCCC1)C(Br)C1CCCCC1. The van der Waals surface area contributed by atoms with Crippen LogP contribution in [0.4, 0.5) is 0 Å². The molecular weight excluding hydrogens is 318 g/mol. The summed E-state index contributed by atoms with van der Waals surface area (Å²) in [6.45, 7) is 1.30. The first kappa shape index (κ1) is 16.3. The van der Waals surface area contributed by atoms with E-state index in [0.29, 0.717) is 18.6 Å². The molecule has 20 heavy (non-hydrogen) atoms. The standard InChI is InChI=1S/C16H28BrNO2/c17-15(13-7-3-1-4-8-13)16(19)20-12-11-18-14-9-5-2-6-10-14/h13-15,18H,1-12H2. The zero-order chi connectivity index (χ0) is 14.2. The average molecular weight is 346 g/mol. The van der Waals surface area contributed by atoms with Crippen LogP contribution in [0.3, 0.4) is 0 Å². The molecule has 2 fully saturated rings. The minimum Gasteiger partial charge on any atom is -0.463 e. The smallest absolute Gasteiger partial charge is 0.320 e. The van der Waals surface area contributed by atoms with Crippen LogP contribution in [0.15, 0.2) is 0 Å². The van der Waals surface area contributed by atoms with Gasteiger partial charge in [0.15, 0.2) is 0 Å². The van der Waals surface area contributed by atoms with Crippen LogP contribution in [0.2, 0.25) is 0 Å². The number of carbonyl (C=O) groups excluding carboxylic acids is 1. The highest BCUT2D eigenvalue weighted by molar-refractivity contribution is 9.10. The summed E-state index contributed by atoms with van der Waals surface area (Å²) >= 11 is 3.54. The van der Waals surface area contributed by atoms with Gasteiger partial charge < -0.3 is 10.1 Å². The Labute approximate surface area is 131 Å². The third-order valence-electron chi connectivity index (χ3n) is 4.67. The fourth-order valence-electron chi connectivity index (χ4n) is 3.42. The van der Waals surface area contributed by atoms with E-state index in [4.69, 9.17) is 4.74 Å². The molecule has 0 aromatic heterocycles. The van der Waals surface area contributed by atoms with Crippen molar-refractivity contribution < 1.29 is 9.53 Å². The number of hydrogen-bond donors (Lipinski definition) is 1. The lowest BCUT2D eigenvalue weighted by atomic mass is 9.87. The minimum absolute atomic E-state index is 0.0673. The molecule has 2 aliphatic carbocycles. The normalized spacial score (nSPS) is 23.4. The van der Waals surface area contributed by atoms with E-state index in [1.54, 1.807) is 0 Å². The van der Waals surface area contributed by atoms with E-state index < -0.39 is 0 Å². The van der Waals surface area contributed by atoms with Gasteiger partial charge in [0.1, 0.15) is 11.4 Å². The number of alkyl halides is 1. The zero-order valence-corrected chi connectivity index (χ0v) is 14.0. The maximum Gasteiger partial charge on any atom is 0.320 e. The molecule has 1 atom stereocenters. The van der Waals surface area contributed by atoms with Crippen LogP contribution in [-0.2, 0) is 9.53 Å². The lowest BCUT2D eigenvalue weighted by molar-refractivity contribution is -0.143. The molecule has 0 amide bonds. The molecule has 0 bridgehead atoms. The summed E-state index contributed by atoms with van der Waals surface area (Å²) in [5.41, 5.74) is 0. The molecular formula is C16H28BrNO2. The molecule has 0 aliphatic heterocycles. The van der Waals surface area contributed by atoms with Crippen molar-refractivity contribution in [2.24, 2.45) is 5.92 Å². The fraction of sp³-hybridized carbons (Fsp3) is 0.938. The highest BCUT2D eigenvalue weighted by Crippen LogP contribution is 2.30. The van der Waals surface area contributed by atoms with Gasteiger partial charge in [-0.2, -0.15) is 0 Å². The van der Waals surface area contributed by atoms with Gasteiger partial charge in [0, 0.05) is 12.6 Å². The fourth-order valence-corrected chi connectivity index (χ4v) is 4.08. The highest BCUT2D eigenvalue weighted by atomic mass is 79.9. The van der Waals surface area contributed by atoms with Gasteiger partial charge in [0.05, 0.1) is 0 Å². The van der Waals surface area contributed by atoms with Crippen LogP contribution in [0, 0.1) is 5.92 Å². The molecule has 2 aliphatic rings. The Morgan fingerprint density at radius 3 is 2.30 bits per heavy atom. The van der Waals surface area contributed by atoms with Gasteiger partial charge in [-0.05, 0) is 31.6 Å². The van der Waals surface area contributed by atoms with E-state index in [1.165, 1.54) is 51.4 Å². The number of esters is 1. The van der Waals surface area contributed by atoms with Crippen molar-refractivity contribution in [2.45, 2.75) is 75.1 Å². The van der Waals surface area contributed by atoms with Crippen LogP contribution in [-0.4, -0.2) is 30.0 Å². The summed E-state index contributed by atoms with van der Waals surface area (Å²) in [5.74, 6) is 0.407. The molecule has 116 valence electrons. The summed E-state index contributed by atoms with van der Waals surface area (Å²) in [6.07, 6.45) is 12.7. The van der Waals surface area contributed by atoms with Crippen LogP contribution >= 0.6 is 15.9 Å². The number of rotatable bonds is 6. The molecule has 3 nitrogen and oxygen atoms in total. The summed E-state index contributed by atoms with van der Waals surface area (Å²) in [4.78, 5) is 11.9. The number of halogens is 1. The summed E-state index contributed by atoms with van der Waals surface area (Å²) in [6, 6.07) is 0.639. The van der Waals surface area contributed by atoms with Crippen molar-refractivity contribution in [3.8, 4) is 0 Å². The van der Waals surface area contributed by atoms with Crippen molar-refractivity contribution in [3.63, 3.8) is 0 Å². The Morgan fingerprint density at radius 2 is 1.65 bits per heavy atom. The van der Waals surface area contributed by atoms with Gasteiger partial charge >= 0.3 is 5.97 Å². The molecule has 2 saturated carbocycles. The largest absolute Gasteiger partial charge is 0.463 e. The Kier molecular flexibility index (Phi) is 7.36. The Balaban J connectivity index is 1.56. The summed E-state index contributed by atoms with van der Waals surface area (Å²) in [7, 11) is 0. The maximum absolute atomic E-state index is 12.0. The predicted molar refractivity (Wildman–Crippen MR) is 85.1 cm³/mol. The molecule has 2 rings (SSSR count). The van der Waals surface area contributed by atoms with E-state index in [0.717, 1.165) is 19.4 Å². The molecule has 0 aromatic carbocycles. The zero-order valence-electron chi connectivity index (χ0n) is 12.4. The van der Waals surface area contributed by atoms with Crippen LogP contribution < -0.4 is 5.32 Å². The topological polar surface area (TPSA) is 38.3 Å². The van der Waals surface area contributed by atoms with Gasteiger partial charge in [-0.1, -0.05) is 54.5 Å². The molecule has 1 N–H and O–H groups in total. The summed E-state index contributed by atoms with van der Waals surface area (Å²) < 4.78 is 5.40. The first-order chi connectivity index (χ1) is 9.77. The van der Waals surface area contributed by atoms with Gasteiger partial charge in [-0.25, -0.2) is 0 Å². The van der Waals surface area contributed by atoms with E-state index >= 15 is 0 Å². The average Bonchev–Trinajstić information content (AvgIpc) is 2.52. The molecule has 0 heterocycles. The Hall–Kier alpha value is -0.0900. The lowest BCUT2D eigenvalue weighted by Gasteiger charge is -2.25. The second-order valence-electron chi connectivity index (χ2n) is 6.26. The first-order valence-corrected chi connectivity index (χ1v) is 9.23. The van der Waals surface area contributed by atoms with Crippen molar-refractivity contribution in [3.05, 3.63) is 0 Å². The van der Waals surface area contributed by atoms with Crippen molar-refractivity contribution >= 4 is 21.9 Å². The number of carbonyl (C=O) groups is 1. The second-order valence-corrected chi connectivity index (χ2v) is 7.24. The molecule has 0 saturated heterocycles. The van der Waals surface area contributed by atoms with Crippen molar-refractivity contribution in [1.29, 1.82) is 0 Å². The molecule has 4 heteroatoms. The van der Waals surface area contributed by atoms with E-state index in [1.807, 2.05) is 0 Å². The minimum atomic E-state index is -0.0996. The van der Waals surface area contributed by atoms with Crippen LogP contribution in [0.25, 0.3) is 0 Å². The third-order valence-corrected chi connectivity index (χ3v) is 5.79. The lowest BCUT2D eigenvalue weighted by Crippen LogP contribution is -2.35. The molecule has 0 aromatic rings. The van der Waals surface area contributed by atoms with E-state index in [9.17, 15) is 4.79 Å². The quantitative estimate of drug-likeness (QED) is 0.452. The highest BCUT2D eigenvalue weighted by Gasteiger charge is 2.28. The van der Waals surface area contributed by atoms with Gasteiger partial charge in [0.2, 0.25) is 0 Å². The van der Waals surface area contributed by atoms with Crippen LogP contribution in [0.5, 0.6) is 0 Å². The van der Waals surface area contributed by atoms with E-state index in [2.05, 4.69) is 21.2 Å². The number of ether oxygens (including phenoxy) is 1. The van der Waals surface area contributed by atoms with Gasteiger partial charge in [-0.15, -0.1) is 0 Å². The van der Waals surface area contributed by atoms with Crippen molar-refractivity contribution in [1.82, 2.24) is 5.32 Å². The second kappa shape index (κ2) is 9.04. The molecule has 0 spiro atoms. The molecule has 0 radical (unpaired) electrons. The Bertz CT molecular complexity index is 286. The van der Waals surface area contributed by atoms with Gasteiger partial charge in [-0.3, -0.25) is 4.79 Å². The number of nitrogens with one attached hydrogen (secondary N) is 1. The van der Waals surface area contributed by atoms with E-state index in [-0.39, 0.29) is 10.8 Å².